The SMILES string of the molecule is COc1c(C#N)ccnc1N1C2CCC1CN(C(=O)c1ncc(F)cc1-c1ncccn1)C2. The molecule has 166 valence electrons. The maximum absolute atomic E-state index is 14.0. The minimum absolute atomic E-state index is 0.0138. The molecule has 0 radical (unpaired) electrons. The third-order valence-electron chi connectivity index (χ3n) is 6.09. The number of carbonyl (C=O) groups excluding carboxylic acids is 1. The number of amides is 1. The number of ether oxygens (including phenoxy) is 1. The Balaban J connectivity index is 1.45. The van der Waals surface area contributed by atoms with Crippen LogP contribution in [0.2, 0.25) is 0 Å². The van der Waals surface area contributed by atoms with E-state index in [-0.39, 0.29) is 35.1 Å². The Bertz CT molecular complexity index is 1230. The highest BCUT2D eigenvalue weighted by molar-refractivity contribution is 5.98. The van der Waals surface area contributed by atoms with Gasteiger partial charge < -0.3 is 14.5 Å². The highest BCUT2D eigenvalue weighted by atomic mass is 19.1. The molecule has 33 heavy (non-hydrogen) atoms. The second-order valence-corrected chi connectivity index (χ2v) is 7.95. The van der Waals surface area contributed by atoms with Gasteiger partial charge in [-0.25, -0.2) is 24.3 Å². The summed E-state index contributed by atoms with van der Waals surface area (Å²) in [6.45, 7) is 0.899. The van der Waals surface area contributed by atoms with Gasteiger partial charge in [-0.1, -0.05) is 0 Å². The average Bonchev–Trinajstić information content (AvgIpc) is 3.11. The molecule has 2 saturated heterocycles. The second kappa shape index (κ2) is 8.43. The van der Waals surface area contributed by atoms with Crippen LogP contribution in [0.3, 0.4) is 0 Å². The van der Waals surface area contributed by atoms with Crippen LogP contribution in [0.25, 0.3) is 11.4 Å². The molecule has 2 atom stereocenters. The number of fused-ring (bicyclic) bond motifs is 2. The monoisotopic (exact) mass is 445 g/mol. The Morgan fingerprint density at radius 3 is 2.55 bits per heavy atom. The number of anilines is 1. The standard InChI is InChI=1S/C23H20FN7O2/c1-33-20-14(10-25)5-8-28-22(20)31-16-3-4-17(31)13-30(12-16)23(32)19-18(9-15(24)11-29-19)21-26-6-2-7-27-21/h2,5-9,11,16-17H,3-4,12-13H2,1H3. The number of hydrogen-bond acceptors (Lipinski definition) is 8. The Kier molecular flexibility index (Phi) is 5.30. The minimum Gasteiger partial charge on any atom is -0.492 e. The lowest BCUT2D eigenvalue weighted by molar-refractivity contribution is 0.0712. The highest BCUT2D eigenvalue weighted by Gasteiger charge is 2.44. The highest BCUT2D eigenvalue weighted by Crippen LogP contribution is 2.40. The number of nitriles is 1. The van der Waals surface area contributed by atoms with E-state index >= 15 is 0 Å². The summed E-state index contributed by atoms with van der Waals surface area (Å²) in [5, 5.41) is 9.43. The number of likely N-dealkylation sites (tertiary alicyclic amines) is 1. The third-order valence-corrected chi connectivity index (χ3v) is 6.09. The van der Waals surface area contributed by atoms with Gasteiger partial charge >= 0.3 is 0 Å². The molecule has 1 amide bonds. The summed E-state index contributed by atoms with van der Waals surface area (Å²) in [6.07, 6.45) is 7.46. The lowest BCUT2D eigenvalue weighted by Gasteiger charge is -2.42. The van der Waals surface area contributed by atoms with Gasteiger partial charge in [-0.15, -0.1) is 0 Å². The van der Waals surface area contributed by atoms with Crippen molar-refractivity contribution in [2.45, 2.75) is 24.9 Å². The first-order chi connectivity index (χ1) is 16.1. The molecule has 2 fully saturated rings. The summed E-state index contributed by atoms with van der Waals surface area (Å²) in [4.78, 5) is 34.3. The Hall–Kier alpha value is -4.13. The molecule has 0 N–H and O–H groups in total. The van der Waals surface area contributed by atoms with E-state index in [9.17, 15) is 14.4 Å². The first-order valence-corrected chi connectivity index (χ1v) is 10.5. The van der Waals surface area contributed by atoms with Crippen molar-refractivity contribution in [3.8, 4) is 23.2 Å². The quantitative estimate of drug-likeness (QED) is 0.603. The molecule has 5 rings (SSSR count). The van der Waals surface area contributed by atoms with Crippen molar-refractivity contribution >= 4 is 11.7 Å². The van der Waals surface area contributed by atoms with Crippen LogP contribution in [0.5, 0.6) is 5.75 Å². The van der Waals surface area contributed by atoms with Gasteiger partial charge in [0.05, 0.1) is 24.4 Å². The van der Waals surface area contributed by atoms with Crippen LogP contribution in [0.1, 0.15) is 28.9 Å². The summed E-state index contributed by atoms with van der Waals surface area (Å²) < 4.78 is 19.5. The van der Waals surface area contributed by atoms with Gasteiger partial charge in [0.1, 0.15) is 17.6 Å². The van der Waals surface area contributed by atoms with Crippen LogP contribution < -0.4 is 9.64 Å². The zero-order valence-corrected chi connectivity index (χ0v) is 17.8. The van der Waals surface area contributed by atoms with Crippen molar-refractivity contribution in [1.29, 1.82) is 5.26 Å². The predicted molar refractivity (Wildman–Crippen MR) is 116 cm³/mol. The molecule has 0 saturated carbocycles. The topological polar surface area (TPSA) is 108 Å². The molecule has 10 heteroatoms. The number of rotatable bonds is 4. The van der Waals surface area contributed by atoms with Gasteiger partial charge in [-0.2, -0.15) is 5.26 Å². The fourth-order valence-electron chi connectivity index (χ4n) is 4.69. The summed E-state index contributed by atoms with van der Waals surface area (Å²) in [6, 6.07) is 6.68. The zero-order chi connectivity index (χ0) is 22.9. The number of halogens is 1. The van der Waals surface area contributed by atoms with E-state index in [1.807, 2.05) is 0 Å². The lowest BCUT2D eigenvalue weighted by atomic mass is 10.1. The molecule has 3 aromatic rings. The van der Waals surface area contributed by atoms with Gasteiger partial charge in [-0.05, 0) is 31.0 Å². The van der Waals surface area contributed by atoms with Crippen molar-refractivity contribution in [3.05, 3.63) is 60.1 Å². The zero-order valence-electron chi connectivity index (χ0n) is 17.8. The molecular formula is C23H20FN7O2. The third kappa shape index (κ3) is 3.61. The van der Waals surface area contributed by atoms with Crippen molar-refractivity contribution < 1.29 is 13.9 Å². The first-order valence-electron chi connectivity index (χ1n) is 10.5. The first kappa shape index (κ1) is 20.8. The Labute approximate surface area is 189 Å². The number of aromatic nitrogens is 4. The van der Waals surface area contributed by atoms with Crippen LogP contribution in [0.4, 0.5) is 10.2 Å². The molecule has 9 nitrogen and oxygen atoms in total. The summed E-state index contributed by atoms with van der Waals surface area (Å²) in [7, 11) is 1.52. The van der Waals surface area contributed by atoms with E-state index in [4.69, 9.17) is 4.74 Å². The van der Waals surface area contributed by atoms with Gasteiger partial charge in [0.25, 0.3) is 5.91 Å². The number of nitrogens with zero attached hydrogens (tertiary/aromatic N) is 7. The van der Waals surface area contributed by atoms with E-state index < -0.39 is 5.82 Å². The fourth-order valence-corrected chi connectivity index (χ4v) is 4.69. The van der Waals surface area contributed by atoms with Crippen molar-refractivity contribution in [2.24, 2.45) is 0 Å². The number of hydrogen-bond donors (Lipinski definition) is 0. The molecule has 2 unspecified atom stereocenters. The van der Waals surface area contributed by atoms with E-state index in [0.29, 0.717) is 30.2 Å². The minimum atomic E-state index is -0.561. The second-order valence-electron chi connectivity index (χ2n) is 7.95. The van der Waals surface area contributed by atoms with Gasteiger partial charge in [0.15, 0.2) is 17.4 Å². The number of piperazine rings is 1. The normalized spacial score (nSPS) is 19.3. The van der Waals surface area contributed by atoms with E-state index in [1.165, 1.54) is 25.6 Å². The number of methoxy groups -OCH3 is 1. The van der Waals surface area contributed by atoms with Crippen LogP contribution in [-0.4, -0.2) is 63.0 Å². The van der Waals surface area contributed by atoms with Crippen molar-refractivity contribution in [2.75, 3.05) is 25.1 Å². The molecule has 2 bridgehead atoms. The summed E-state index contributed by atoms with van der Waals surface area (Å²) in [5.74, 6) is 0.459. The average molecular weight is 445 g/mol. The van der Waals surface area contributed by atoms with Crippen LogP contribution in [0, 0.1) is 17.1 Å². The molecular weight excluding hydrogens is 425 g/mol. The molecule has 2 aliphatic rings. The molecule has 5 heterocycles. The predicted octanol–water partition coefficient (Wildman–Crippen LogP) is 2.45. The summed E-state index contributed by atoms with van der Waals surface area (Å²) >= 11 is 0. The van der Waals surface area contributed by atoms with E-state index in [0.717, 1.165) is 19.0 Å². The number of pyridine rings is 2. The largest absolute Gasteiger partial charge is 0.492 e. The molecule has 0 spiro atoms. The lowest BCUT2D eigenvalue weighted by Crippen LogP contribution is -2.56. The van der Waals surface area contributed by atoms with E-state index in [1.54, 1.807) is 23.2 Å². The Morgan fingerprint density at radius 1 is 1.15 bits per heavy atom. The summed E-state index contributed by atoms with van der Waals surface area (Å²) in [5.41, 5.74) is 0.807. The smallest absolute Gasteiger partial charge is 0.273 e. The van der Waals surface area contributed by atoms with E-state index in [2.05, 4.69) is 30.9 Å². The van der Waals surface area contributed by atoms with Gasteiger partial charge in [0.2, 0.25) is 0 Å². The Morgan fingerprint density at radius 2 is 1.88 bits per heavy atom. The molecule has 0 aliphatic carbocycles. The van der Waals surface area contributed by atoms with Crippen LogP contribution in [0.15, 0.2) is 43.0 Å². The van der Waals surface area contributed by atoms with Crippen molar-refractivity contribution in [3.63, 3.8) is 0 Å². The molecule has 2 aliphatic heterocycles. The molecule has 3 aromatic heterocycles. The molecule has 0 aromatic carbocycles. The van der Waals surface area contributed by atoms with Gasteiger partial charge in [-0.3, -0.25) is 4.79 Å². The van der Waals surface area contributed by atoms with Crippen LogP contribution >= 0.6 is 0 Å². The maximum Gasteiger partial charge on any atom is 0.273 e. The van der Waals surface area contributed by atoms with Crippen molar-refractivity contribution in [1.82, 2.24) is 24.8 Å². The fraction of sp³-hybridized carbons (Fsp3) is 0.304. The van der Waals surface area contributed by atoms with Gasteiger partial charge in [0, 0.05) is 43.8 Å². The van der Waals surface area contributed by atoms with Crippen LogP contribution in [-0.2, 0) is 0 Å². The number of carbonyl (C=O) groups is 1. The maximum atomic E-state index is 14.0.